The van der Waals surface area contributed by atoms with Gasteiger partial charge in [0, 0.05) is 13.6 Å². The van der Waals surface area contributed by atoms with Gasteiger partial charge in [-0.2, -0.15) is 0 Å². The topological polar surface area (TPSA) is 82.3 Å². The molecule has 0 fully saturated rings. The van der Waals surface area contributed by atoms with Crippen molar-refractivity contribution in [2.24, 2.45) is 7.05 Å². The number of rotatable bonds is 5. The normalized spacial score (nSPS) is 10.6. The summed E-state index contributed by atoms with van der Waals surface area (Å²) >= 11 is 0. The van der Waals surface area contributed by atoms with E-state index in [0.717, 1.165) is 9.13 Å². The van der Waals surface area contributed by atoms with Crippen LogP contribution in [0.4, 0.5) is 15.9 Å². The van der Waals surface area contributed by atoms with Crippen LogP contribution < -0.4 is 21.3 Å². The number of para-hydroxylation sites is 1. The van der Waals surface area contributed by atoms with Gasteiger partial charge in [-0.1, -0.05) is 24.3 Å². The Morgan fingerprint density at radius 2 is 1.83 bits per heavy atom. The molecule has 8 heteroatoms. The molecule has 150 valence electrons. The monoisotopic (exact) mass is 397 g/mol. The van der Waals surface area contributed by atoms with Gasteiger partial charge >= 0.3 is 11.7 Å². The number of aromatic nitrogens is 2. The molecule has 0 spiro atoms. The molecular weight excluding hydrogens is 377 g/mol. The number of hydrogen-bond donors (Lipinski definition) is 1. The van der Waals surface area contributed by atoms with E-state index in [0.29, 0.717) is 5.56 Å². The Hall–Kier alpha value is -3.68. The van der Waals surface area contributed by atoms with Crippen molar-refractivity contribution >= 4 is 17.5 Å². The molecule has 3 aromatic rings. The molecule has 0 saturated carbocycles. The zero-order valence-electron chi connectivity index (χ0n) is 16.2. The first kappa shape index (κ1) is 20.1. The minimum Gasteiger partial charge on any atom is -0.423 e. The maximum atomic E-state index is 14.3. The molecule has 29 heavy (non-hydrogen) atoms. The zero-order chi connectivity index (χ0) is 21.1. The van der Waals surface area contributed by atoms with Crippen molar-refractivity contribution in [3.63, 3.8) is 0 Å². The molecule has 0 atom stereocenters. The summed E-state index contributed by atoms with van der Waals surface area (Å²) in [7, 11) is 1.39. The minimum atomic E-state index is -0.950. The van der Waals surface area contributed by atoms with Crippen LogP contribution in [0.3, 0.4) is 0 Å². The second kappa shape index (κ2) is 8.14. The van der Waals surface area contributed by atoms with Gasteiger partial charge in [0.05, 0.1) is 5.69 Å². The van der Waals surface area contributed by atoms with E-state index >= 15 is 0 Å². The van der Waals surface area contributed by atoms with Gasteiger partial charge in [-0.05, 0) is 43.7 Å². The Balaban J connectivity index is 2.17. The molecule has 0 aliphatic rings. The Morgan fingerprint density at radius 3 is 2.45 bits per heavy atom. The van der Waals surface area contributed by atoms with Crippen LogP contribution in [0.1, 0.15) is 22.8 Å². The maximum absolute atomic E-state index is 14.3. The van der Waals surface area contributed by atoms with Crippen molar-refractivity contribution in [1.82, 2.24) is 9.13 Å². The molecule has 3 rings (SSSR count). The van der Waals surface area contributed by atoms with Crippen LogP contribution in [0.15, 0.2) is 58.1 Å². The molecule has 7 nitrogen and oxygen atoms in total. The Kier molecular flexibility index (Phi) is 5.63. The molecule has 1 heterocycles. The van der Waals surface area contributed by atoms with E-state index in [1.54, 1.807) is 50.2 Å². The van der Waals surface area contributed by atoms with Crippen molar-refractivity contribution in [2.75, 3.05) is 5.32 Å². The van der Waals surface area contributed by atoms with E-state index in [1.165, 1.54) is 19.2 Å². The van der Waals surface area contributed by atoms with Crippen LogP contribution in [0.5, 0.6) is 5.75 Å². The summed E-state index contributed by atoms with van der Waals surface area (Å²) < 4.78 is 21.7. The summed E-state index contributed by atoms with van der Waals surface area (Å²) in [5.74, 6) is -1.44. The summed E-state index contributed by atoms with van der Waals surface area (Å²) in [6.07, 6.45) is 0. The second-order valence-corrected chi connectivity index (χ2v) is 6.43. The lowest BCUT2D eigenvalue weighted by Crippen LogP contribution is -2.43. The van der Waals surface area contributed by atoms with E-state index in [2.05, 4.69) is 5.32 Å². The van der Waals surface area contributed by atoms with Gasteiger partial charge in [-0.3, -0.25) is 13.9 Å². The standard InChI is InChI=1S/C21H20FN3O4/c1-4-25-19(26)17(20(27)29-14-8-6-5-7-9-14)18(24(3)21(25)28)23-16-11-10-13(2)12-15(16)22/h5-12,23H,4H2,1-3H3. The molecule has 0 unspecified atom stereocenters. The third-order valence-corrected chi connectivity index (χ3v) is 4.40. The molecule has 1 aromatic heterocycles. The number of esters is 1. The first-order chi connectivity index (χ1) is 13.8. The maximum Gasteiger partial charge on any atom is 0.352 e. The molecule has 0 saturated heterocycles. The fraction of sp³-hybridized carbons (Fsp3) is 0.190. The smallest absolute Gasteiger partial charge is 0.352 e. The molecule has 0 radical (unpaired) electrons. The van der Waals surface area contributed by atoms with Crippen LogP contribution in [-0.2, 0) is 13.6 Å². The van der Waals surface area contributed by atoms with E-state index in [-0.39, 0.29) is 23.8 Å². The van der Waals surface area contributed by atoms with E-state index < -0.39 is 28.6 Å². The highest BCUT2D eigenvalue weighted by Crippen LogP contribution is 2.22. The number of nitrogens with zero attached hydrogens (tertiary/aromatic N) is 2. The van der Waals surface area contributed by atoms with Gasteiger partial charge in [0.15, 0.2) is 5.56 Å². The van der Waals surface area contributed by atoms with Crippen molar-refractivity contribution < 1.29 is 13.9 Å². The van der Waals surface area contributed by atoms with Gasteiger partial charge in [0.1, 0.15) is 17.4 Å². The van der Waals surface area contributed by atoms with Crippen molar-refractivity contribution in [3.05, 3.63) is 86.3 Å². The number of carbonyl (C=O) groups is 1. The Morgan fingerprint density at radius 1 is 1.14 bits per heavy atom. The number of ether oxygens (including phenoxy) is 1. The fourth-order valence-electron chi connectivity index (χ4n) is 2.87. The van der Waals surface area contributed by atoms with Crippen LogP contribution >= 0.6 is 0 Å². The van der Waals surface area contributed by atoms with Gasteiger partial charge in [-0.15, -0.1) is 0 Å². The first-order valence-corrected chi connectivity index (χ1v) is 8.97. The first-order valence-electron chi connectivity index (χ1n) is 8.97. The van der Waals surface area contributed by atoms with Crippen LogP contribution in [-0.4, -0.2) is 15.1 Å². The predicted molar refractivity (Wildman–Crippen MR) is 107 cm³/mol. The highest BCUT2D eigenvalue weighted by atomic mass is 19.1. The van der Waals surface area contributed by atoms with Crippen LogP contribution in [0.2, 0.25) is 0 Å². The van der Waals surface area contributed by atoms with Gasteiger partial charge in [-0.25, -0.2) is 14.0 Å². The Bertz CT molecular complexity index is 1180. The number of benzene rings is 2. The summed E-state index contributed by atoms with van der Waals surface area (Å²) in [4.78, 5) is 38.2. The molecular formula is C21H20FN3O4. The van der Waals surface area contributed by atoms with E-state index in [9.17, 15) is 18.8 Å². The number of halogens is 1. The molecule has 1 N–H and O–H groups in total. The lowest BCUT2D eigenvalue weighted by Gasteiger charge is -2.17. The SMILES string of the molecule is CCn1c(=O)c(C(=O)Oc2ccccc2)c(Nc2ccc(C)cc2F)n(C)c1=O. The van der Waals surface area contributed by atoms with Crippen LogP contribution in [0.25, 0.3) is 0 Å². The van der Waals surface area contributed by atoms with Crippen molar-refractivity contribution in [2.45, 2.75) is 20.4 Å². The lowest BCUT2D eigenvalue weighted by molar-refractivity contribution is 0.0732. The molecule has 0 bridgehead atoms. The van der Waals surface area contributed by atoms with Crippen molar-refractivity contribution in [3.8, 4) is 5.75 Å². The van der Waals surface area contributed by atoms with Gasteiger partial charge in [0.25, 0.3) is 5.56 Å². The average molecular weight is 397 g/mol. The highest BCUT2D eigenvalue weighted by molar-refractivity contribution is 5.96. The summed E-state index contributed by atoms with van der Waals surface area (Å²) in [5.41, 5.74) is -1.12. The second-order valence-electron chi connectivity index (χ2n) is 6.43. The zero-order valence-corrected chi connectivity index (χ0v) is 16.2. The van der Waals surface area contributed by atoms with Gasteiger partial charge in [0.2, 0.25) is 0 Å². The predicted octanol–water partition coefficient (Wildman–Crippen LogP) is 2.98. The lowest BCUT2D eigenvalue weighted by atomic mass is 10.2. The van der Waals surface area contributed by atoms with Crippen LogP contribution in [0, 0.1) is 12.7 Å². The van der Waals surface area contributed by atoms with E-state index in [1.807, 2.05) is 0 Å². The number of nitrogens with one attached hydrogen (secondary N) is 1. The number of carbonyl (C=O) groups excluding carboxylic acids is 1. The fourth-order valence-corrected chi connectivity index (χ4v) is 2.87. The summed E-state index contributed by atoms with van der Waals surface area (Å²) in [6, 6.07) is 12.7. The quantitative estimate of drug-likeness (QED) is 0.529. The van der Waals surface area contributed by atoms with E-state index in [4.69, 9.17) is 4.74 Å². The number of aryl methyl sites for hydroxylation is 1. The molecule has 0 aliphatic carbocycles. The highest BCUT2D eigenvalue weighted by Gasteiger charge is 2.25. The third kappa shape index (κ3) is 3.96. The van der Waals surface area contributed by atoms with Gasteiger partial charge < -0.3 is 10.1 Å². The number of anilines is 2. The van der Waals surface area contributed by atoms with Crippen molar-refractivity contribution in [1.29, 1.82) is 0 Å². The minimum absolute atomic E-state index is 0.0213. The summed E-state index contributed by atoms with van der Waals surface area (Å²) in [5, 5.41) is 2.71. The largest absolute Gasteiger partial charge is 0.423 e. The third-order valence-electron chi connectivity index (χ3n) is 4.40. The molecule has 0 amide bonds. The molecule has 0 aliphatic heterocycles. The summed E-state index contributed by atoms with van der Waals surface area (Å²) in [6.45, 7) is 3.41. The Labute approximate surface area is 166 Å². The average Bonchev–Trinajstić information content (AvgIpc) is 2.69. The molecule has 2 aromatic carbocycles. The number of hydrogen-bond acceptors (Lipinski definition) is 5.